The molecule has 0 aromatic heterocycles. The maximum atomic E-state index is 7.75. The van der Waals surface area contributed by atoms with Crippen LogP contribution in [-0.2, 0) is 0 Å². The van der Waals surface area contributed by atoms with Gasteiger partial charge in [-0.15, -0.1) is 0 Å². The fraction of sp³-hybridized carbons (Fsp3) is 0.0606. The van der Waals surface area contributed by atoms with Crippen LogP contribution < -0.4 is 0 Å². The number of benzene rings is 5. The van der Waals surface area contributed by atoms with Crippen LogP contribution in [0.5, 0.6) is 0 Å². The molecule has 0 amide bonds. The molecule has 1 nitrogen and oxygen atoms in total. The Morgan fingerprint density at radius 2 is 1.29 bits per heavy atom. The molecule has 0 bridgehead atoms. The molecule has 1 heteroatoms. The van der Waals surface area contributed by atoms with Crippen LogP contribution in [0.2, 0.25) is 0 Å². The normalized spacial score (nSPS) is 12.1. The SMILES string of the molecule is CC/C=C(\C=N)c1cccc(-c2ccc(-c3cc4c5c(cccc5c3)-c3ccccc3-4)cc2)c1. The molecule has 1 aliphatic rings. The molecule has 0 spiro atoms. The van der Waals surface area contributed by atoms with E-state index < -0.39 is 0 Å². The summed E-state index contributed by atoms with van der Waals surface area (Å²) in [4.78, 5) is 0. The van der Waals surface area contributed by atoms with Gasteiger partial charge in [0.1, 0.15) is 0 Å². The van der Waals surface area contributed by atoms with Crippen molar-refractivity contribution in [3.05, 3.63) is 115 Å². The van der Waals surface area contributed by atoms with Crippen LogP contribution in [-0.4, -0.2) is 6.21 Å². The molecule has 0 unspecified atom stereocenters. The molecule has 0 aliphatic heterocycles. The lowest BCUT2D eigenvalue weighted by molar-refractivity contribution is 1.23. The summed E-state index contributed by atoms with van der Waals surface area (Å²) in [5.74, 6) is 0. The Morgan fingerprint density at radius 3 is 2.03 bits per heavy atom. The van der Waals surface area contributed by atoms with Crippen molar-refractivity contribution < 1.29 is 0 Å². The average molecular weight is 436 g/mol. The van der Waals surface area contributed by atoms with Gasteiger partial charge >= 0.3 is 0 Å². The number of nitrogens with one attached hydrogen (secondary N) is 1. The highest BCUT2D eigenvalue weighted by Gasteiger charge is 2.21. The van der Waals surface area contributed by atoms with E-state index in [2.05, 4.69) is 116 Å². The molecule has 5 aromatic rings. The lowest BCUT2D eigenvalue weighted by Crippen LogP contribution is -1.87. The molecule has 0 heterocycles. The zero-order chi connectivity index (χ0) is 23.1. The Kier molecular flexibility index (Phi) is 4.96. The zero-order valence-electron chi connectivity index (χ0n) is 19.2. The minimum Gasteiger partial charge on any atom is -0.308 e. The van der Waals surface area contributed by atoms with Crippen molar-refractivity contribution in [1.82, 2.24) is 0 Å². The molecule has 0 fully saturated rings. The highest BCUT2D eigenvalue weighted by atomic mass is 14.3. The van der Waals surface area contributed by atoms with Crippen LogP contribution in [0.3, 0.4) is 0 Å². The number of fused-ring (bicyclic) bond motifs is 3. The molecule has 0 radical (unpaired) electrons. The van der Waals surface area contributed by atoms with Crippen molar-refractivity contribution in [2.75, 3.05) is 0 Å². The van der Waals surface area contributed by atoms with Gasteiger partial charge in [0.25, 0.3) is 0 Å². The highest BCUT2D eigenvalue weighted by Crippen LogP contribution is 2.48. The summed E-state index contributed by atoms with van der Waals surface area (Å²) in [5.41, 5.74) is 12.2. The Labute approximate surface area is 200 Å². The molecular weight excluding hydrogens is 410 g/mol. The van der Waals surface area contributed by atoms with Gasteiger partial charge in [0.15, 0.2) is 0 Å². The molecule has 6 rings (SSSR count). The van der Waals surface area contributed by atoms with E-state index in [1.54, 1.807) is 0 Å². The largest absolute Gasteiger partial charge is 0.308 e. The second kappa shape index (κ2) is 8.28. The van der Waals surface area contributed by atoms with Crippen LogP contribution in [0.15, 0.2) is 109 Å². The molecule has 34 heavy (non-hydrogen) atoms. The van der Waals surface area contributed by atoms with Gasteiger partial charge in [-0.1, -0.05) is 97.9 Å². The first kappa shape index (κ1) is 20.4. The van der Waals surface area contributed by atoms with E-state index in [0.717, 1.165) is 17.6 Å². The summed E-state index contributed by atoms with van der Waals surface area (Å²) in [6.07, 6.45) is 4.46. The van der Waals surface area contributed by atoms with E-state index in [9.17, 15) is 0 Å². The average Bonchev–Trinajstić information content (AvgIpc) is 3.22. The lowest BCUT2D eigenvalue weighted by atomic mass is 9.94. The topological polar surface area (TPSA) is 23.9 Å². The summed E-state index contributed by atoms with van der Waals surface area (Å²) < 4.78 is 0. The van der Waals surface area contributed by atoms with Crippen LogP contribution in [0.25, 0.3) is 60.9 Å². The van der Waals surface area contributed by atoms with Gasteiger partial charge in [0, 0.05) is 6.21 Å². The van der Waals surface area contributed by atoms with Crippen LogP contribution >= 0.6 is 0 Å². The fourth-order valence-electron chi connectivity index (χ4n) is 5.20. The van der Waals surface area contributed by atoms with Crippen molar-refractivity contribution in [2.45, 2.75) is 13.3 Å². The lowest BCUT2D eigenvalue weighted by Gasteiger charge is -2.10. The van der Waals surface area contributed by atoms with E-state index in [-0.39, 0.29) is 0 Å². The van der Waals surface area contributed by atoms with E-state index >= 15 is 0 Å². The number of allylic oxidation sites excluding steroid dienone is 2. The summed E-state index contributed by atoms with van der Waals surface area (Å²) in [7, 11) is 0. The van der Waals surface area contributed by atoms with Crippen LogP contribution in [0, 0.1) is 5.41 Å². The first-order chi connectivity index (χ1) is 16.8. The van der Waals surface area contributed by atoms with Crippen molar-refractivity contribution in [3.63, 3.8) is 0 Å². The Balaban J connectivity index is 1.40. The Hall–Kier alpha value is -4.23. The van der Waals surface area contributed by atoms with Gasteiger partial charge < -0.3 is 5.41 Å². The van der Waals surface area contributed by atoms with E-state index in [0.29, 0.717) is 0 Å². The second-order valence-corrected chi connectivity index (χ2v) is 8.84. The van der Waals surface area contributed by atoms with Gasteiger partial charge in [-0.05, 0) is 91.0 Å². The van der Waals surface area contributed by atoms with E-state index in [1.807, 2.05) is 0 Å². The monoisotopic (exact) mass is 435 g/mol. The van der Waals surface area contributed by atoms with E-state index in [1.165, 1.54) is 61.5 Å². The first-order valence-electron chi connectivity index (χ1n) is 11.9. The van der Waals surface area contributed by atoms with Gasteiger partial charge in [0.2, 0.25) is 0 Å². The van der Waals surface area contributed by atoms with Crippen molar-refractivity contribution in [2.24, 2.45) is 0 Å². The number of hydrogen-bond donors (Lipinski definition) is 1. The number of rotatable bonds is 5. The van der Waals surface area contributed by atoms with E-state index in [4.69, 9.17) is 5.41 Å². The third kappa shape index (κ3) is 3.29. The summed E-state index contributed by atoms with van der Waals surface area (Å²) in [5, 5.41) is 10.4. The van der Waals surface area contributed by atoms with Crippen LogP contribution in [0.4, 0.5) is 0 Å². The Morgan fingerprint density at radius 1 is 0.618 bits per heavy atom. The predicted molar refractivity (Wildman–Crippen MR) is 146 cm³/mol. The van der Waals surface area contributed by atoms with Gasteiger partial charge in [-0.25, -0.2) is 0 Å². The maximum absolute atomic E-state index is 7.75. The third-order valence-electron chi connectivity index (χ3n) is 6.81. The smallest absolute Gasteiger partial charge is 0.0253 e. The molecule has 1 aliphatic carbocycles. The van der Waals surface area contributed by atoms with Crippen LogP contribution in [0.1, 0.15) is 18.9 Å². The first-order valence-corrected chi connectivity index (χ1v) is 11.9. The standard InChI is InChI=1S/C33H25N/c1-2-7-27(21-34)25-9-5-8-24(18-25)22-14-16-23(17-15-22)28-19-26-10-6-13-31-29-11-3-4-12-30(29)32(20-28)33(26)31/h3-21,34H,2H2,1H3/b27-7+,34-21?. The molecular formula is C33H25N. The van der Waals surface area contributed by atoms with Gasteiger partial charge in [-0.2, -0.15) is 0 Å². The Bertz CT molecular complexity index is 1590. The third-order valence-corrected chi connectivity index (χ3v) is 6.81. The molecule has 0 saturated heterocycles. The molecule has 5 aromatic carbocycles. The fourth-order valence-corrected chi connectivity index (χ4v) is 5.20. The minimum atomic E-state index is 0.920. The predicted octanol–water partition coefficient (Wildman–Crippen LogP) is 9.26. The molecule has 0 atom stereocenters. The van der Waals surface area contributed by atoms with Crippen molar-refractivity contribution in [3.8, 4) is 44.5 Å². The quantitative estimate of drug-likeness (QED) is 0.261. The van der Waals surface area contributed by atoms with Gasteiger partial charge in [0.05, 0.1) is 0 Å². The summed E-state index contributed by atoms with van der Waals surface area (Å²) >= 11 is 0. The summed E-state index contributed by atoms with van der Waals surface area (Å²) in [6.45, 7) is 2.10. The molecule has 0 saturated carbocycles. The zero-order valence-corrected chi connectivity index (χ0v) is 19.2. The van der Waals surface area contributed by atoms with Crippen molar-refractivity contribution in [1.29, 1.82) is 5.41 Å². The summed E-state index contributed by atoms with van der Waals surface area (Å²) in [6, 6.07) is 37.3. The second-order valence-electron chi connectivity index (χ2n) is 8.84. The number of hydrogen-bond acceptors (Lipinski definition) is 1. The van der Waals surface area contributed by atoms with Crippen molar-refractivity contribution >= 4 is 22.6 Å². The highest BCUT2D eigenvalue weighted by molar-refractivity contribution is 6.16. The molecule has 1 N–H and O–H groups in total. The molecule has 162 valence electrons. The van der Waals surface area contributed by atoms with Gasteiger partial charge in [-0.3, -0.25) is 0 Å². The maximum Gasteiger partial charge on any atom is 0.0253 e. The minimum absolute atomic E-state index is 0.920.